The van der Waals surface area contributed by atoms with Gasteiger partial charge in [0.15, 0.2) is 0 Å². The second-order valence-corrected chi connectivity index (χ2v) is 6.94. The molecule has 1 aliphatic heterocycles. The number of hydrogen-bond acceptors (Lipinski definition) is 4. The second kappa shape index (κ2) is 7.72. The second-order valence-electron chi connectivity index (χ2n) is 5.53. The zero-order valence-electron chi connectivity index (χ0n) is 12.1. The average Bonchev–Trinajstić information content (AvgIpc) is 2.67. The minimum absolute atomic E-state index is 0.00721. The fraction of sp³-hybridized carbons (Fsp3) is 0.846. The van der Waals surface area contributed by atoms with Crippen molar-refractivity contribution in [1.29, 1.82) is 0 Å². The first kappa shape index (κ1) is 17.9. The van der Waals surface area contributed by atoms with Crippen LogP contribution in [0.1, 0.15) is 45.4 Å². The van der Waals surface area contributed by atoms with Crippen molar-refractivity contribution >= 4 is 22.1 Å². The molecule has 1 amide bonds. The van der Waals surface area contributed by atoms with Gasteiger partial charge in [-0.05, 0) is 6.42 Å². The van der Waals surface area contributed by atoms with E-state index in [0.29, 0.717) is 12.8 Å². The number of carboxylic acids is 1. The maximum Gasteiger partial charge on any atom is 0.326 e. The predicted molar refractivity (Wildman–Crippen MR) is 74.9 cm³/mol. The highest BCUT2D eigenvalue weighted by atomic mass is 32.3. The average molecular weight is 323 g/mol. The van der Waals surface area contributed by atoms with Crippen molar-refractivity contribution in [1.82, 2.24) is 4.90 Å². The Morgan fingerprint density at radius 3 is 2.62 bits per heavy atom. The van der Waals surface area contributed by atoms with Gasteiger partial charge in [0.1, 0.15) is 6.04 Å². The van der Waals surface area contributed by atoms with Crippen molar-refractivity contribution in [3.63, 3.8) is 0 Å². The summed E-state index contributed by atoms with van der Waals surface area (Å²) in [6.07, 6.45) is 3.85. The molecule has 0 spiro atoms. The van der Waals surface area contributed by atoms with Crippen LogP contribution in [0.25, 0.3) is 0 Å². The molecule has 0 radical (unpaired) electrons. The Labute approximate surface area is 124 Å². The van der Waals surface area contributed by atoms with E-state index < -0.39 is 39.8 Å². The summed E-state index contributed by atoms with van der Waals surface area (Å²) < 4.78 is 33.9. The molecule has 8 heteroatoms. The highest BCUT2D eigenvalue weighted by molar-refractivity contribution is 7.86. The Hall–Kier alpha value is -1.18. The molecule has 0 aliphatic carbocycles. The number of rotatable bonds is 9. The normalized spacial score (nSPS) is 20.8. The number of hydrogen-bond donors (Lipinski definition) is 1. The van der Waals surface area contributed by atoms with Crippen LogP contribution in [-0.2, 0) is 19.8 Å². The lowest BCUT2D eigenvalue weighted by molar-refractivity contribution is -0.148. The van der Waals surface area contributed by atoms with E-state index in [-0.39, 0.29) is 13.0 Å². The lowest BCUT2D eigenvalue weighted by Crippen LogP contribution is -2.42. The number of carboxylic acid groups (broad SMARTS) is 1. The molecule has 21 heavy (non-hydrogen) atoms. The largest absolute Gasteiger partial charge is 0.480 e. The van der Waals surface area contributed by atoms with E-state index in [0.717, 1.165) is 19.3 Å². The molecule has 2 unspecified atom stereocenters. The fourth-order valence-electron chi connectivity index (χ4n) is 2.68. The Balaban J connectivity index is 2.62. The highest BCUT2D eigenvalue weighted by Gasteiger charge is 2.38. The minimum Gasteiger partial charge on any atom is -0.480 e. The Bertz CT molecular complexity index is 479. The third-order valence-electron chi connectivity index (χ3n) is 3.67. The molecule has 0 saturated carbocycles. The van der Waals surface area contributed by atoms with Crippen LogP contribution < -0.4 is 0 Å². The molecule has 1 saturated heterocycles. The maximum atomic E-state index is 12.7. The van der Waals surface area contributed by atoms with Gasteiger partial charge < -0.3 is 10.0 Å². The summed E-state index contributed by atoms with van der Waals surface area (Å²) in [6.45, 7) is 2.04. The van der Waals surface area contributed by atoms with Crippen molar-refractivity contribution < 1.29 is 27.0 Å². The van der Waals surface area contributed by atoms with Crippen LogP contribution in [0.5, 0.6) is 0 Å². The van der Waals surface area contributed by atoms with E-state index in [1.807, 2.05) is 6.92 Å². The van der Waals surface area contributed by atoms with E-state index in [1.165, 1.54) is 4.90 Å². The summed E-state index contributed by atoms with van der Waals surface area (Å²) >= 11 is 0. The van der Waals surface area contributed by atoms with Crippen molar-refractivity contribution in [3.8, 4) is 0 Å². The van der Waals surface area contributed by atoms with Crippen LogP contribution in [0.4, 0.5) is 3.89 Å². The number of likely N-dealkylation sites (tertiary alicyclic amines) is 1. The molecule has 0 aromatic rings. The summed E-state index contributed by atoms with van der Waals surface area (Å²) in [4.78, 5) is 24.3. The summed E-state index contributed by atoms with van der Waals surface area (Å²) in [5, 5.41) is 9.24. The van der Waals surface area contributed by atoms with Crippen molar-refractivity contribution in [2.24, 2.45) is 5.92 Å². The number of halogens is 1. The van der Waals surface area contributed by atoms with Gasteiger partial charge in [0.25, 0.3) is 0 Å². The van der Waals surface area contributed by atoms with Crippen molar-refractivity contribution in [3.05, 3.63) is 0 Å². The number of nitrogens with zero attached hydrogens (tertiary/aromatic N) is 1. The molecule has 1 fully saturated rings. The van der Waals surface area contributed by atoms with Gasteiger partial charge in [-0.3, -0.25) is 4.79 Å². The Morgan fingerprint density at radius 2 is 2.10 bits per heavy atom. The predicted octanol–water partition coefficient (Wildman–Crippen LogP) is 1.56. The van der Waals surface area contributed by atoms with E-state index in [2.05, 4.69) is 0 Å². The van der Waals surface area contributed by atoms with Crippen LogP contribution in [0, 0.1) is 5.92 Å². The third-order valence-corrected chi connectivity index (χ3v) is 4.54. The van der Waals surface area contributed by atoms with E-state index in [4.69, 9.17) is 0 Å². The third kappa shape index (κ3) is 5.99. The molecular formula is C13H22FNO5S. The maximum absolute atomic E-state index is 12.7. The molecule has 0 aromatic heterocycles. The lowest BCUT2D eigenvalue weighted by atomic mass is 10.1. The quantitative estimate of drug-likeness (QED) is 0.513. The topological polar surface area (TPSA) is 91.8 Å². The van der Waals surface area contributed by atoms with E-state index >= 15 is 0 Å². The Morgan fingerprint density at radius 1 is 1.43 bits per heavy atom. The number of unbranched alkanes of at least 4 members (excludes halogenated alkanes) is 3. The van der Waals surface area contributed by atoms with E-state index in [9.17, 15) is 27.0 Å². The fourth-order valence-corrected chi connectivity index (χ4v) is 3.47. The molecule has 2 atom stereocenters. The highest BCUT2D eigenvalue weighted by Crippen LogP contribution is 2.24. The first-order valence-corrected chi connectivity index (χ1v) is 8.74. The minimum atomic E-state index is -4.65. The van der Waals surface area contributed by atoms with Gasteiger partial charge in [0.05, 0.1) is 5.75 Å². The number of carbonyl (C=O) groups excluding carboxylic acids is 1. The summed E-state index contributed by atoms with van der Waals surface area (Å²) in [7, 11) is -4.65. The van der Waals surface area contributed by atoms with Crippen LogP contribution in [0.3, 0.4) is 0 Å². The molecule has 1 aliphatic rings. The molecule has 1 heterocycles. The monoisotopic (exact) mass is 323 g/mol. The number of aliphatic carboxylic acids is 1. The first-order valence-electron chi connectivity index (χ1n) is 7.19. The molecule has 0 aromatic carbocycles. The van der Waals surface area contributed by atoms with Gasteiger partial charge in [-0.2, -0.15) is 8.42 Å². The van der Waals surface area contributed by atoms with Crippen molar-refractivity contribution in [2.75, 3.05) is 12.3 Å². The Kier molecular flexibility index (Phi) is 6.57. The molecule has 6 nitrogen and oxygen atoms in total. The van der Waals surface area contributed by atoms with Crippen LogP contribution >= 0.6 is 0 Å². The first-order chi connectivity index (χ1) is 9.74. The zero-order valence-corrected chi connectivity index (χ0v) is 12.9. The van der Waals surface area contributed by atoms with Gasteiger partial charge >= 0.3 is 16.2 Å². The molecule has 1 rings (SSSR count). The summed E-state index contributed by atoms with van der Waals surface area (Å²) in [6, 6.07) is -0.943. The summed E-state index contributed by atoms with van der Waals surface area (Å²) in [5.41, 5.74) is 0. The lowest BCUT2D eigenvalue weighted by Gasteiger charge is -2.24. The van der Waals surface area contributed by atoms with Gasteiger partial charge in [0, 0.05) is 18.9 Å². The van der Waals surface area contributed by atoms with Crippen LogP contribution in [0.2, 0.25) is 0 Å². The smallest absolute Gasteiger partial charge is 0.326 e. The summed E-state index contributed by atoms with van der Waals surface area (Å²) in [5.74, 6) is -2.89. The van der Waals surface area contributed by atoms with Gasteiger partial charge in [0.2, 0.25) is 5.91 Å². The van der Waals surface area contributed by atoms with Crippen LogP contribution in [0.15, 0.2) is 0 Å². The number of carbonyl (C=O) groups is 2. The molecule has 1 N–H and O–H groups in total. The SMILES string of the molecule is CCCCCCC(C(=O)O)N1CC(CS(=O)(=O)F)CC1=O. The van der Waals surface area contributed by atoms with Crippen LogP contribution in [-0.4, -0.2) is 48.6 Å². The molecule has 122 valence electrons. The zero-order chi connectivity index (χ0) is 16.0. The number of amides is 1. The van der Waals surface area contributed by atoms with E-state index in [1.54, 1.807) is 0 Å². The standard InChI is InChI=1S/C13H22FNO5S/c1-2-3-4-5-6-11(13(17)18)15-8-10(7-12(15)16)9-21(14,19)20/h10-11H,2-9H2,1H3,(H,17,18). The van der Waals surface area contributed by atoms with Gasteiger partial charge in [-0.25, -0.2) is 4.79 Å². The molecule has 0 bridgehead atoms. The van der Waals surface area contributed by atoms with Crippen molar-refractivity contribution in [2.45, 2.75) is 51.5 Å². The van der Waals surface area contributed by atoms with Gasteiger partial charge in [-0.1, -0.05) is 32.6 Å². The molecular weight excluding hydrogens is 301 g/mol. The van der Waals surface area contributed by atoms with Gasteiger partial charge in [-0.15, -0.1) is 3.89 Å².